The van der Waals surface area contributed by atoms with Gasteiger partial charge < -0.3 is 19.4 Å². The third-order valence-electron chi connectivity index (χ3n) is 5.48. The van der Waals surface area contributed by atoms with Crippen molar-refractivity contribution in [2.45, 2.75) is 45.2 Å². The Morgan fingerprint density at radius 2 is 1.96 bits per heavy atom. The maximum atomic E-state index is 12.9. The Morgan fingerprint density at radius 3 is 2.56 bits per heavy atom. The second-order valence-electron chi connectivity index (χ2n) is 8.25. The Kier molecular flexibility index (Phi) is 5.63. The standard InChI is InChI=1S/C21H31N3O3/c1-14(2)24(12-15-6-7-15)20(25)11-17-13-27-19-9-8-16(21(26)22(3)4)10-18(19)23(17)5/h8-10,14-15,17H,6-7,11-13H2,1-5H3/t17-/m0/s1. The molecule has 1 aliphatic heterocycles. The van der Waals surface area contributed by atoms with Crippen LogP contribution >= 0.6 is 0 Å². The van der Waals surface area contributed by atoms with Crippen molar-refractivity contribution in [1.82, 2.24) is 9.80 Å². The number of likely N-dealkylation sites (N-methyl/N-ethyl adjacent to an activating group) is 1. The van der Waals surface area contributed by atoms with Crippen LogP contribution in [-0.4, -0.2) is 68.0 Å². The van der Waals surface area contributed by atoms with Gasteiger partial charge in [0.2, 0.25) is 5.91 Å². The van der Waals surface area contributed by atoms with Gasteiger partial charge in [0.05, 0.1) is 18.2 Å². The van der Waals surface area contributed by atoms with Crippen molar-refractivity contribution in [1.29, 1.82) is 0 Å². The van der Waals surface area contributed by atoms with Gasteiger partial charge in [0.25, 0.3) is 5.91 Å². The van der Waals surface area contributed by atoms with Gasteiger partial charge in [-0.25, -0.2) is 0 Å². The van der Waals surface area contributed by atoms with Crippen molar-refractivity contribution in [3.05, 3.63) is 23.8 Å². The van der Waals surface area contributed by atoms with Crippen LogP contribution < -0.4 is 9.64 Å². The molecular formula is C21H31N3O3. The molecule has 1 heterocycles. The van der Waals surface area contributed by atoms with E-state index >= 15 is 0 Å². The number of benzene rings is 1. The smallest absolute Gasteiger partial charge is 0.253 e. The van der Waals surface area contributed by atoms with Crippen molar-refractivity contribution in [3.63, 3.8) is 0 Å². The molecule has 148 valence electrons. The zero-order valence-corrected chi connectivity index (χ0v) is 17.1. The first-order chi connectivity index (χ1) is 12.8. The Bertz CT molecular complexity index is 713. The molecule has 0 aromatic heterocycles. The molecule has 6 nitrogen and oxygen atoms in total. The van der Waals surface area contributed by atoms with E-state index < -0.39 is 0 Å². The van der Waals surface area contributed by atoms with Crippen LogP contribution in [0.15, 0.2) is 18.2 Å². The highest BCUT2D eigenvalue weighted by molar-refractivity contribution is 5.95. The number of fused-ring (bicyclic) bond motifs is 1. The normalized spacial score (nSPS) is 18.7. The summed E-state index contributed by atoms with van der Waals surface area (Å²) in [5.41, 5.74) is 1.49. The molecule has 0 bridgehead atoms. The maximum Gasteiger partial charge on any atom is 0.253 e. The first-order valence-corrected chi connectivity index (χ1v) is 9.78. The quantitative estimate of drug-likeness (QED) is 0.769. The maximum absolute atomic E-state index is 12.9. The summed E-state index contributed by atoms with van der Waals surface area (Å²) in [4.78, 5) is 30.8. The largest absolute Gasteiger partial charge is 0.489 e. The molecule has 6 heteroatoms. The van der Waals surface area contributed by atoms with Crippen LogP contribution in [0.4, 0.5) is 5.69 Å². The van der Waals surface area contributed by atoms with E-state index in [1.807, 2.05) is 24.1 Å². The SMILES string of the molecule is CC(C)N(CC1CC1)C(=O)C[C@H]1COc2ccc(C(=O)N(C)C)cc2N1C. The van der Waals surface area contributed by atoms with E-state index in [1.165, 1.54) is 12.8 Å². The number of ether oxygens (including phenoxy) is 1. The third-order valence-corrected chi connectivity index (χ3v) is 5.48. The van der Waals surface area contributed by atoms with Gasteiger partial charge in [-0.3, -0.25) is 9.59 Å². The van der Waals surface area contributed by atoms with Crippen LogP contribution in [0.1, 0.15) is 43.5 Å². The lowest BCUT2D eigenvalue weighted by Gasteiger charge is -2.37. The molecule has 0 radical (unpaired) electrons. The van der Waals surface area contributed by atoms with Gasteiger partial charge in [-0.05, 0) is 50.8 Å². The molecule has 0 unspecified atom stereocenters. The second kappa shape index (κ2) is 7.79. The monoisotopic (exact) mass is 373 g/mol. The third kappa shape index (κ3) is 4.37. The fourth-order valence-corrected chi connectivity index (χ4v) is 3.49. The van der Waals surface area contributed by atoms with E-state index in [-0.39, 0.29) is 23.9 Å². The minimum absolute atomic E-state index is 0.0323. The van der Waals surface area contributed by atoms with E-state index in [9.17, 15) is 9.59 Å². The van der Waals surface area contributed by atoms with E-state index in [0.717, 1.165) is 18.0 Å². The number of carbonyl (C=O) groups is 2. The van der Waals surface area contributed by atoms with Crippen molar-refractivity contribution < 1.29 is 14.3 Å². The number of rotatable bonds is 6. The molecule has 1 saturated carbocycles. The van der Waals surface area contributed by atoms with Gasteiger partial charge in [0.1, 0.15) is 12.4 Å². The molecule has 3 rings (SSSR count). The average Bonchev–Trinajstić information content (AvgIpc) is 3.45. The summed E-state index contributed by atoms with van der Waals surface area (Å²) in [5.74, 6) is 1.58. The Balaban J connectivity index is 1.73. The van der Waals surface area contributed by atoms with Crippen molar-refractivity contribution in [2.24, 2.45) is 5.92 Å². The highest BCUT2D eigenvalue weighted by Gasteiger charge is 2.32. The van der Waals surface area contributed by atoms with Crippen molar-refractivity contribution >= 4 is 17.5 Å². The fourth-order valence-electron chi connectivity index (χ4n) is 3.49. The van der Waals surface area contributed by atoms with Crippen LogP contribution in [0.25, 0.3) is 0 Å². The highest BCUT2D eigenvalue weighted by atomic mass is 16.5. The van der Waals surface area contributed by atoms with Gasteiger partial charge >= 0.3 is 0 Å². The summed E-state index contributed by atoms with van der Waals surface area (Å²) in [6, 6.07) is 5.67. The molecule has 1 fully saturated rings. The molecular weight excluding hydrogens is 342 g/mol. The van der Waals surface area contributed by atoms with Crippen LogP contribution in [0, 0.1) is 5.92 Å². The van der Waals surface area contributed by atoms with E-state index in [2.05, 4.69) is 18.7 Å². The summed E-state index contributed by atoms with van der Waals surface area (Å²) >= 11 is 0. The second-order valence-corrected chi connectivity index (χ2v) is 8.25. The first-order valence-electron chi connectivity index (χ1n) is 9.78. The summed E-state index contributed by atoms with van der Waals surface area (Å²) in [7, 11) is 5.46. The van der Waals surface area contributed by atoms with Gasteiger partial charge in [-0.2, -0.15) is 0 Å². The number of carbonyl (C=O) groups excluding carboxylic acids is 2. The van der Waals surface area contributed by atoms with Gasteiger partial charge in [0, 0.05) is 39.3 Å². The van der Waals surface area contributed by atoms with Crippen LogP contribution in [-0.2, 0) is 4.79 Å². The molecule has 0 N–H and O–H groups in total. The molecule has 0 saturated heterocycles. The lowest BCUT2D eigenvalue weighted by Crippen LogP contribution is -2.46. The number of hydrogen-bond donors (Lipinski definition) is 0. The molecule has 1 aliphatic carbocycles. The topological polar surface area (TPSA) is 53.1 Å². The molecule has 0 spiro atoms. The van der Waals surface area contributed by atoms with Gasteiger partial charge in [0.15, 0.2) is 0 Å². The minimum Gasteiger partial charge on any atom is -0.489 e. The Morgan fingerprint density at radius 1 is 1.26 bits per heavy atom. The van der Waals surface area contributed by atoms with Gasteiger partial charge in [-0.15, -0.1) is 0 Å². The molecule has 2 amide bonds. The zero-order chi connectivity index (χ0) is 19.7. The van der Waals surface area contributed by atoms with Crippen molar-refractivity contribution in [2.75, 3.05) is 39.2 Å². The lowest BCUT2D eigenvalue weighted by molar-refractivity contribution is -0.133. The molecule has 1 aromatic carbocycles. The first kappa shape index (κ1) is 19.5. The number of amides is 2. The van der Waals surface area contributed by atoms with Crippen LogP contribution in [0.5, 0.6) is 5.75 Å². The summed E-state index contributed by atoms with van der Waals surface area (Å²) in [6.07, 6.45) is 2.89. The van der Waals surface area contributed by atoms with Crippen molar-refractivity contribution in [3.8, 4) is 5.75 Å². The van der Waals surface area contributed by atoms with E-state index in [4.69, 9.17) is 4.74 Å². The molecule has 27 heavy (non-hydrogen) atoms. The van der Waals surface area contributed by atoms with E-state index in [1.54, 1.807) is 25.1 Å². The summed E-state index contributed by atoms with van der Waals surface area (Å²) in [5, 5.41) is 0. The van der Waals surface area contributed by atoms with E-state index in [0.29, 0.717) is 24.5 Å². The molecule has 2 aliphatic rings. The number of anilines is 1. The zero-order valence-electron chi connectivity index (χ0n) is 17.1. The predicted octanol–water partition coefficient (Wildman–Crippen LogP) is 2.62. The minimum atomic E-state index is -0.0418. The Hall–Kier alpha value is -2.24. The number of nitrogens with zero attached hydrogens (tertiary/aromatic N) is 3. The van der Waals surface area contributed by atoms with Crippen LogP contribution in [0.3, 0.4) is 0 Å². The fraction of sp³-hybridized carbons (Fsp3) is 0.619. The lowest BCUT2D eigenvalue weighted by atomic mass is 10.1. The summed E-state index contributed by atoms with van der Waals surface area (Å²) in [6.45, 7) is 5.50. The number of hydrogen-bond acceptors (Lipinski definition) is 4. The van der Waals surface area contributed by atoms with Gasteiger partial charge in [-0.1, -0.05) is 0 Å². The Labute approximate surface area is 162 Å². The predicted molar refractivity (Wildman–Crippen MR) is 106 cm³/mol. The molecule has 1 aromatic rings. The average molecular weight is 373 g/mol. The summed E-state index contributed by atoms with van der Waals surface area (Å²) < 4.78 is 5.90. The highest BCUT2D eigenvalue weighted by Crippen LogP contribution is 2.35. The van der Waals surface area contributed by atoms with Crippen LogP contribution in [0.2, 0.25) is 0 Å². The molecule has 1 atom stereocenters.